The summed E-state index contributed by atoms with van der Waals surface area (Å²) >= 11 is 0. The van der Waals surface area contributed by atoms with Crippen LogP contribution in [0.15, 0.2) is 60.8 Å². The highest BCUT2D eigenvalue weighted by Crippen LogP contribution is 2.03. The number of unbranched alkanes of at least 4 members (excludes halogenated alkanes) is 2. The van der Waals surface area contributed by atoms with Crippen molar-refractivity contribution in [3.05, 3.63) is 60.8 Å². The van der Waals surface area contributed by atoms with E-state index in [0.29, 0.717) is 6.42 Å². The summed E-state index contributed by atoms with van der Waals surface area (Å²) < 4.78 is 10.2. The Kier molecular flexibility index (Phi) is 21.5. The van der Waals surface area contributed by atoms with Crippen LogP contribution in [-0.4, -0.2) is 36.4 Å². The average molecular weight is 447 g/mol. The highest BCUT2D eigenvalue weighted by atomic mass is 16.6. The number of hydrogen-bond donors (Lipinski definition) is 1. The molecule has 5 nitrogen and oxygen atoms in total. The molecular formula is C27H42O5. The summed E-state index contributed by atoms with van der Waals surface area (Å²) in [5.41, 5.74) is 0. The van der Waals surface area contributed by atoms with Crippen LogP contribution in [0.4, 0.5) is 0 Å². The first-order valence-electron chi connectivity index (χ1n) is 11.8. The number of hydrogen-bond acceptors (Lipinski definition) is 5. The number of carbonyl (C=O) groups is 2. The molecule has 0 aliphatic rings. The number of allylic oxidation sites excluding steroid dienone is 9. The molecule has 0 amide bonds. The van der Waals surface area contributed by atoms with Crippen LogP contribution in [0, 0.1) is 0 Å². The zero-order valence-electron chi connectivity index (χ0n) is 19.9. The zero-order chi connectivity index (χ0) is 23.7. The van der Waals surface area contributed by atoms with Crippen LogP contribution in [0.1, 0.15) is 78.1 Å². The number of esters is 2. The van der Waals surface area contributed by atoms with Gasteiger partial charge in [0.2, 0.25) is 0 Å². The van der Waals surface area contributed by atoms with Gasteiger partial charge in [-0.25, -0.2) is 0 Å². The maximum atomic E-state index is 11.8. The Morgan fingerprint density at radius 3 is 1.78 bits per heavy atom. The molecule has 0 aromatic heterocycles. The Morgan fingerprint density at radius 2 is 1.28 bits per heavy atom. The minimum atomic E-state index is -0.819. The van der Waals surface area contributed by atoms with Crippen LogP contribution in [0.2, 0.25) is 0 Å². The molecule has 0 fully saturated rings. The monoisotopic (exact) mass is 446 g/mol. The van der Waals surface area contributed by atoms with Gasteiger partial charge < -0.3 is 14.6 Å². The van der Waals surface area contributed by atoms with Gasteiger partial charge in [0.25, 0.3) is 0 Å². The summed E-state index contributed by atoms with van der Waals surface area (Å²) in [6, 6.07) is 0. The van der Waals surface area contributed by atoms with Crippen LogP contribution < -0.4 is 0 Å². The largest absolute Gasteiger partial charge is 0.462 e. The van der Waals surface area contributed by atoms with E-state index >= 15 is 0 Å². The predicted molar refractivity (Wildman–Crippen MR) is 131 cm³/mol. The average Bonchev–Trinajstić information content (AvgIpc) is 2.79. The van der Waals surface area contributed by atoms with Crippen molar-refractivity contribution in [2.24, 2.45) is 0 Å². The van der Waals surface area contributed by atoms with Gasteiger partial charge >= 0.3 is 11.9 Å². The normalized spacial score (nSPS) is 13.2. The lowest BCUT2D eigenvalue weighted by atomic mass is 10.2. The summed E-state index contributed by atoms with van der Waals surface area (Å²) in [5, 5.41) is 9.30. The van der Waals surface area contributed by atoms with Crippen molar-refractivity contribution in [1.29, 1.82) is 0 Å². The molecule has 0 aromatic rings. The quantitative estimate of drug-likeness (QED) is 0.146. The third kappa shape index (κ3) is 20.9. The molecular weight excluding hydrogens is 404 g/mol. The summed E-state index contributed by atoms with van der Waals surface area (Å²) in [6.07, 6.45) is 27.8. The van der Waals surface area contributed by atoms with Crippen molar-refractivity contribution in [1.82, 2.24) is 0 Å². The number of rotatable bonds is 19. The first-order valence-corrected chi connectivity index (χ1v) is 11.8. The fourth-order valence-electron chi connectivity index (χ4n) is 2.57. The van der Waals surface area contributed by atoms with Crippen LogP contribution in [0.3, 0.4) is 0 Å². The van der Waals surface area contributed by atoms with Gasteiger partial charge in [-0.05, 0) is 38.5 Å². The molecule has 0 radical (unpaired) electrons. The molecule has 0 aliphatic heterocycles. The number of aliphatic hydroxyl groups is 1. The van der Waals surface area contributed by atoms with E-state index in [1.54, 1.807) is 6.08 Å². The fraction of sp³-hybridized carbons (Fsp3) is 0.556. The van der Waals surface area contributed by atoms with Crippen LogP contribution in [0.5, 0.6) is 0 Å². The Labute approximate surface area is 194 Å². The molecule has 1 unspecified atom stereocenters. The third-order valence-electron chi connectivity index (χ3n) is 4.36. The standard InChI is InChI=1S/C27H42O5/c1-3-5-7-8-9-10-11-12-13-14-15-16-17-18-20-22-27(30)32-25(23-28)24-31-26(29)21-19-6-4-2/h5,7,9-10,12-13,15-16,18,20,25,28H,3-4,6,8,11,14,17,19,21-24H2,1-2H3/b7-5-,10-9-,13-12-,16-15-,20-18-. The maximum Gasteiger partial charge on any atom is 0.310 e. The Balaban J connectivity index is 3.86. The Morgan fingerprint density at radius 1 is 0.750 bits per heavy atom. The number of ether oxygens (including phenoxy) is 2. The molecule has 0 saturated carbocycles. The van der Waals surface area contributed by atoms with Crippen molar-refractivity contribution < 1.29 is 24.2 Å². The summed E-state index contributed by atoms with van der Waals surface area (Å²) in [7, 11) is 0. The van der Waals surface area contributed by atoms with Gasteiger partial charge in [0.1, 0.15) is 6.61 Å². The van der Waals surface area contributed by atoms with Crippen molar-refractivity contribution in [2.75, 3.05) is 13.2 Å². The van der Waals surface area contributed by atoms with Crippen LogP contribution in [-0.2, 0) is 19.1 Å². The Hall–Kier alpha value is -2.40. The maximum absolute atomic E-state index is 11.8. The first kappa shape index (κ1) is 29.6. The van der Waals surface area contributed by atoms with E-state index < -0.39 is 12.1 Å². The SMILES string of the molecule is CC/C=C\C/C=C\C/C=C\C/C=C\C/C=C\CC(=O)OC(CO)COC(=O)CCCCC. The molecule has 0 spiro atoms. The van der Waals surface area contributed by atoms with E-state index in [2.05, 4.69) is 56.4 Å². The highest BCUT2D eigenvalue weighted by Gasteiger charge is 2.15. The lowest BCUT2D eigenvalue weighted by molar-refractivity contribution is -0.160. The molecule has 1 N–H and O–H groups in total. The summed E-state index contributed by atoms with van der Waals surface area (Å²) in [4.78, 5) is 23.4. The minimum Gasteiger partial charge on any atom is -0.462 e. The molecule has 0 heterocycles. The van der Waals surface area contributed by atoms with Gasteiger partial charge in [-0.3, -0.25) is 9.59 Å². The van der Waals surface area contributed by atoms with Gasteiger partial charge in [0.15, 0.2) is 6.10 Å². The van der Waals surface area contributed by atoms with Crippen LogP contribution in [0.25, 0.3) is 0 Å². The van der Waals surface area contributed by atoms with Gasteiger partial charge in [0.05, 0.1) is 13.0 Å². The van der Waals surface area contributed by atoms with E-state index in [4.69, 9.17) is 9.47 Å². The second kappa shape index (κ2) is 23.3. The summed E-state index contributed by atoms with van der Waals surface area (Å²) in [5.74, 6) is -0.779. The van der Waals surface area contributed by atoms with Gasteiger partial charge in [-0.15, -0.1) is 0 Å². The molecule has 180 valence electrons. The number of aliphatic hydroxyl groups excluding tert-OH is 1. The lowest BCUT2D eigenvalue weighted by Crippen LogP contribution is -2.28. The van der Waals surface area contributed by atoms with Gasteiger partial charge in [-0.2, -0.15) is 0 Å². The molecule has 0 saturated heterocycles. The second-order valence-corrected chi connectivity index (χ2v) is 7.35. The fourth-order valence-corrected chi connectivity index (χ4v) is 2.57. The summed E-state index contributed by atoms with van der Waals surface area (Å²) in [6.45, 7) is 3.70. The zero-order valence-corrected chi connectivity index (χ0v) is 19.9. The molecule has 0 aliphatic carbocycles. The minimum absolute atomic E-state index is 0.112. The van der Waals surface area contributed by atoms with Crippen molar-refractivity contribution >= 4 is 11.9 Å². The molecule has 5 heteroatoms. The van der Waals surface area contributed by atoms with E-state index in [9.17, 15) is 14.7 Å². The van der Waals surface area contributed by atoms with Crippen LogP contribution >= 0.6 is 0 Å². The molecule has 32 heavy (non-hydrogen) atoms. The molecule has 1 atom stereocenters. The van der Waals surface area contributed by atoms with Crippen molar-refractivity contribution in [2.45, 2.75) is 84.2 Å². The van der Waals surface area contributed by atoms with Crippen molar-refractivity contribution in [3.8, 4) is 0 Å². The molecule has 0 rings (SSSR count). The topological polar surface area (TPSA) is 72.8 Å². The lowest BCUT2D eigenvalue weighted by Gasteiger charge is -2.15. The predicted octanol–water partition coefficient (Wildman–Crippen LogP) is 6.16. The second-order valence-electron chi connectivity index (χ2n) is 7.35. The molecule has 0 bridgehead atoms. The van der Waals surface area contributed by atoms with E-state index in [0.717, 1.165) is 51.4 Å². The highest BCUT2D eigenvalue weighted by molar-refractivity contribution is 5.71. The van der Waals surface area contributed by atoms with E-state index in [1.165, 1.54) is 0 Å². The third-order valence-corrected chi connectivity index (χ3v) is 4.36. The van der Waals surface area contributed by atoms with Gasteiger partial charge in [-0.1, -0.05) is 87.4 Å². The Bertz CT molecular complexity index is 614. The van der Waals surface area contributed by atoms with E-state index in [1.807, 2.05) is 12.2 Å². The van der Waals surface area contributed by atoms with Gasteiger partial charge in [0, 0.05) is 6.42 Å². The number of carbonyl (C=O) groups excluding carboxylic acids is 2. The van der Waals surface area contributed by atoms with E-state index in [-0.39, 0.29) is 25.6 Å². The smallest absolute Gasteiger partial charge is 0.310 e. The molecule has 0 aromatic carbocycles. The van der Waals surface area contributed by atoms with Crippen molar-refractivity contribution in [3.63, 3.8) is 0 Å². The first-order chi connectivity index (χ1) is 15.6.